The van der Waals surface area contributed by atoms with Gasteiger partial charge in [-0.05, 0) is 36.4 Å². The molecule has 0 bridgehead atoms. The van der Waals surface area contributed by atoms with Crippen LogP contribution in [0.3, 0.4) is 0 Å². The van der Waals surface area contributed by atoms with Gasteiger partial charge in [-0.2, -0.15) is 0 Å². The van der Waals surface area contributed by atoms with Gasteiger partial charge >= 0.3 is 0 Å². The average Bonchev–Trinajstić information content (AvgIpc) is 2.58. The fraction of sp³-hybridized carbons (Fsp3) is 0. The van der Waals surface area contributed by atoms with Gasteiger partial charge in [0.2, 0.25) is 5.95 Å². The van der Waals surface area contributed by atoms with E-state index in [-0.39, 0.29) is 5.91 Å². The number of amides is 1. The minimum atomic E-state index is -0.244. The molecule has 2 aromatic carbocycles. The lowest BCUT2D eigenvalue weighted by Crippen LogP contribution is -2.13. The molecule has 0 saturated carbocycles. The number of nitrogens with one attached hydrogen (secondary N) is 2. The second-order valence-electron chi connectivity index (χ2n) is 4.75. The molecule has 3 rings (SSSR count). The van der Waals surface area contributed by atoms with Gasteiger partial charge in [0.1, 0.15) is 0 Å². The van der Waals surface area contributed by atoms with Crippen LogP contribution in [-0.4, -0.2) is 15.9 Å². The van der Waals surface area contributed by atoms with Gasteiger partial charge in [0, 0.05) is 28.2 Å². The number of hydrogen-bond donors (Lipinski definition) is 2. The van der Waals surface area contributed by atoms with Crippen LogP contribution in [0.5, 0.6) is 0 Å². The first kappa shape index (κ1) is 15.2. The van der Waals surface area contributed by atoms with Gasteiger partial charge in [0.05, 0.1) is 5.56 Å². The minimum absolute atomic E-state index is 0.244. The molecule has 0 fully saturated rings. The molecule has 1 heterocycles. The maximum absolute atomic E-state index is 12.1. The highest BCUT2D eigenvalue weighted by molar-refractivity contribution is 9.10. The monoisotopic (exact) mass is 368 g/mol. The number of anilines is 3. The Morgan fingerprint density at radius 3 is 2.17 bits per heavy atom. The molecule has 2 N–H and O–H groups in total. The van der Waals surface area contributed by atoms with Crippen LogP contribution in [0.2, 0.25) is 0 Å². The summed E-state index contributed by atoms with van der Waals surface area (Å²) in [5.41, 5.74) is 2.00. The third-order valence-electron chi connectivity index (χ3n) is 3.05. The molecule has 0 unspecified atom stereocenters. The lowest BCUT2D eigenvalue weighted by Gasteiger charge is -2.06. The van der Waals surface area contributed by atoms with Gasteiger partial charge in [-0.15, -0.1) is 0 Å². The zero-order valence-electron chi connectivity index (χ0n) is 12.0. The predicted octanol–water partition coefficient (Wildman–Crippen LogP) is 4.24. The van der Waals surface area contributed by atoms with Crippen molar-refractivity contribution in [3.05, 3.63) is 77.0 Å². The second-order valence-corrected chi connectivity index (χ2v) is 5.66. The predicted molar refractivity (Wildman–Crippen MR) is 93.9 cm³/mol. The van der Waals surface area contributed by atoms with Crippen LogP contribution in [0, 0.1) is 0 Å². The van der Waals surface area contributed by atoms with Crippen molar-refractivity contribution in [1.29, 1.82) is 0 Å². The van der Waals surface area contributed by atoms with E-state index in [1.165, 1.54) is 12.4 Å². The molecule has 0 aliphatic heterocycles. The summed E-state index contributed by atoms with van der Waals surface area (Å²) in [6, 6.07) is 16.9. The van der Waals surface area contributed by atoms with Crippen molar-refractivity contribution >= 4 is 39.2 Å². The quantitative estimate of drug-likeness (QED) is 0.722. The van der Waals surface area contributed by atoms with E-state index in [0.717, 1.165) is 15.8 Å². The van der Waals surface area contributed by atoms with Crippen molar-refractivity contribution in [1.82, 2.24) is 9.97 Å². The van der Waals surface area contributed by atoms with Crippen LogP contribution in [0.1, 0.15) is 10.4 Å². The summed E-state index contributed by atoms with van der Waals surface area (Å²) in [5, 5.41) is 5.86. The Morgan fingerprint density at radius 2 is 1.52 bits per heavy atom. The molecular formula is C17H13BrN4O. The first-order chi connectivity index (χ1) is 11.2. The topological polar surface area (TPSA) is 66.9 Å². The number of halogens is 1. The molecule has 0 aliphatic rings. The number of aromatic nitrogens is 2. The summed E-state index contributed by atoms with van der Waals surface area (Å²) in [5.74, 6) is 0.190. The van der Waals surface area contributed by atoms with Gasteiger partial charge in [0.25, 0.3) is 5.91 Å². The minimum Gasteiger partial charge on any atom is -0.324 e. The molecule has 114 valence electrons. The van der Waals surface area contributed by atoms with E-state index in [1.807, 2.05) is 54.6 Å². The first-order valence-corrected chi connectivity index (χ1v) is 7.71. The Hall–Kier alpha value is -2.73. The molecule has 1 amide bonds. The summed E-state index contributed by atoms with van der Waals surface area (Å²) < 4.78 is 0.997. The number of carbonyl (C=O) groups excluding carboxylic acids is 1. The van der Waals surface area contributed by atoms with E-state index in [2.05, 4.69) is 36.5 Å². The van der Waals surface area contributed by atoms with Gasteiger partial charge in [-0.25, -0.2) is 9.97 Å². The second kappa shape index (κ2) is 7.02. The number of nitrogens with zero attached hydrogens (tertiary/aromatic N) is 2. The summed E-state index contributed by atoms with van der Waals surface area (Å²) in [6.45, 7) is 0. The Balaban J connectivity index is 1.66. The van der Waals surface area contributed by atoms with Gasteiger partial charge in [-0.1, -0.05) is 34.1 Å². The van der Waals surface area contributed by atoms with Crippen LogP contribution in [0.25, 0.3) is 0 Å². The molecule has 1 aromatic heterocycles. The Morgan fingerprint density at radius 1 is 0.870 bits per heavy atom. The van der Waals surface area contributed by atoms with Gasteiger partial charge in [-0.3, -0.25) is 4.79 Å². The zero-order valence-corrected chi connectivity index (χ0v) is 13.6. The maximum atomic E-state index is 12.1. The SMILES string of the molecule is O=C(Nc1ccccc1)c1cnc(Nc2ccc(Br)cc2)nc1. The summed E-state index contributed by atoms with van der Waals surface area (Å²) in [4.78, 5) is 20.4. The van der Waals surface area contributed by atoms with E-state index in [1.54, 1.807) is 0 Å². The van der Waals surface area contributed by atoms with E-state index in [0.29, 0.717) is 11.5 Å². The highest BCUT2D eigenvalue weighted by atomic mass is 79.9. The molecule has 23 heavy (non-hydrogen) atoms. The molecule has 0 radical (unpaired) electrons. The fourth-order valence-corrected chi connectivity index (χ4v) is 2.16. The smallest absolute Gasteiger partial charge is 0.258 e. The van der Waals surface area contributed by atoms with Crippen LogP contribution in [0.15, 0.2) is 71.5 Å². The number of benzene rings is 2. The molecule has 0 atom stereocenters. The molecule has 3 aromatic rings. The summed E-state index contributed by atoms with van der Waals surface area (Å²) >= 11 is 3.38. The van der Waals surface area contributed by atoms with E-state index in [9.17, 15) is 4.79 Å². The van der Waals surface area contributed by atoms with Crippen molar-refractivity contribution in [3.8, 4) is 0 Å². The normalized spacial score (nSPS) is 10.1. The van der Waals surface area contributed by atoms with Gasteiger partial charge in [0.15, 0.2) is 0 Å². The fourth-order valence-electron chi connectivity index (χ4n) is 1.90. The van der Waals surface area contributed by atoms with Crippen LogP contribution < -0.4 is 10.6 Å². The van der Waals surface area contributed by atoms with Crippen LogP contribution in [-0.2, 0) is 0 Å². The number of carbonyl (C=O) groups is 1. The Kier molecular flexibility index (Phi) is 4.63. The molecule has 0 aliphatic carbocycles. The molecular weight excluding hydrogens is 356 g/mol. The highest BCUT2D eigenvalue weighted by Crippen LogP contribution is 2.17. The van der Waals surface area contributed by atoms with Crippen molar-refractivity contribution in [3.63, 3.8) is 0 Å². The Labute approximate surface area is 141 Å². The number of para-hydroxylation sites is 1. The summed E-state index contributed by atoms with van der Waals surface area (Å²) in [6.07, 6.45) is 2.99. The molecule has 6 heteroatoms. The standard InChI is InChI=1S/C17H13BrN4O/c18-13-6-8-15(9-7-13)22-17-19-10-12(11-20-17)16(23)21-14-4-2-1-3-5-14/h1-11H,(H,21,23)(H,19,20,22). The van der Waals surface area contributed by atoms with Crippen molar-refractivity contribution in [2.24, 2.45) is 0 Å². The van der Waals surface area contributed by atoms with E-state index < -0.39 is 0 Å². The lowest BCUT2D eigenvalue weighted by atomic mass is 10.3. The first-order valence-electron chi connectivity index (χ1n) is 6.92. The number of hydrogen-bond acceptors (Lipinski definition) is 4. The molecule has 0 spiro atoms. The Bertz CT molecular complexity index is 789. The van der Waals surface area contributed by atoms with Gasteiger partial charge < -0.3 is 10.6 Å². The van der Waals surface area contributed by atoms with Crippen molar-refractivity contribution in [2.75, 3.05) is 10.6 Å². The highest BCUT2D eigenvalue weighted by Gasteiger charge is 2.07. The summed E-state index contributed by atoms with van der Waals surface area (Å²) in [7, 11) is 0. The molecule has 0 saturated heterocycles. The number of rotatable bonds is 4. The van der Waals surface area contributed by atoms with Crippen molar-refractivity contribution < 1.29 is 4.79 Å². The van der Waals surface area contributed by atoms with Crippen LogP contribution >= 0.6 is 15.9 Å². The third-order valence-corrected chi connectivity index (χ3v) is 3.57. The van der Waals surface area contributed by atoms with Crippen molar-refractivity contribution in [2.45, 2.75) is 0 Å². The average molecular weight is 369 g/mol. The largest absolute Gasteiger partial charge is 0.324 e. The van der Waals surface area contributed by atoms with E-state index in [4.69, 9.17) is 0 Å². The third kappa shape index (κ3) is 4.14. The van der Waals surface area contributed by atoms with E-state index >= 15 is 0 Å². The zero-order chi connectivity index (χ0) is 16.1. The van der Waals surface area contributed by atoms with Crippen LogP contribution in [0.4, 0.5) is 17.3 Å². The molecule has 5 nitrogen and oxygen atoms in total. The maximum Gasteiger partial charge on any atom is 0.258 e. The lowest BCUT2D eigenvalue weighted by molar-refractivity contribution is 0.102.